The van der Waals surface area contributed by atoms with Crippen molar-refractivity contribution in [3.63, 3.8) is 0 Å². The molecule has 68 valence electrons. The summed E-state index contributed by atoms with van der Waals surface area (Å²) in [6.45, 7) is 9.04. The summed E-state index contributed by atoms with van der Waals surface area (Å²) in [7, 11) is 0. The Labute approximate surface area is 77.4 Å². The van der Waals surface area contributed by atoms with Crippen LogP contribution >= 0.6 is 0 Å². The first kappa shape index (κ1) is 9.45. The lowest BCUT2D eigenvalue weighted by molar-refractivity contribution is 0.0908. The van der Waals surface area contributed by atoms with Crippen LogP contribution in [0.25, 0.3) is 12.2 Å². The van der Waals surface area contributed by atoms with Gasteiger partial charge in [0.05, 0.1) is 11.4 Å². The molecule has 0 radical (unpaired) electrons. The fourth-order valence-corrected chi connectivity index (χ4v) is 1.10. The third-order valence-electron chi connectivity index (χ3n) is 1.79. The summed E-state index contributed by atoms with van der Waals surface area (Å²) in [5, 5.41) is 0. The van der Waals surface area contributed by atoms with E-state index in [2.05, 4.69) is 18.1 Å². The monoisotopic (exact) mass is 176 g/mol. The number of carbonyl (C=O) groups is 1. The van der Waals surface area contributed by atoms with Crippen LogP contribution < -0.4 is 0 Å². The smallest absolute Gasteiger partial charge is 0.232 e. The Hall–Kier alpha value is -1.64. The van der Waals surface area contributed by atoms with Crippen LogP contribution in [-0.2, 0) is 0 Å². The van der Waals surface area contributed by atoms with Gasteiger partial charge in [0.25, 0.3) is 0 Å². The van der Waals surface area contributed by atoms with Crippen molar-refractivity contribution in [1.29, 1.82) is 0 Å². The van der Waals surface area contributed by atoms with Gasteiger partial charge in [-0.2, -0.15) is 0 Å². The van der Waals surface area contributed by atoms with Gasteiger partial charge in [-0.1, -0.05) is 20.1 Å². The highest BCUT2D eigenvalue weighted by atomic mass is 16.2. The maximum Gasteiger partial charge on any atom is 0.232 e. The van der Waals surface area contributed by atoms with Crippen molar-refractivity contribution in [3.8, 4) is 0 Å². The summed E-state index contributed by atoms with van der Waals surface area (Å²) in [6, 6.07) is 0. The lowest BCUT2D eigenvalue weighted by Gasteiger charge is -2.00. The van der Waals surface area contributed by atoms with E-state index in [-0.39, 0.29) is 5.91 Å². The summed E-state index contributed by atoms with van der Waals surface area (Å²) < 4.78 is 1.49. The molecule has 0 aliphatic carbocycles. The summed E-state index contributed by atoms with van der Waals surface area (Å²) in [5.74, 6) is 0.00972. The Balaban J connectivity index is 3.22. The first-order chi connectivity index (χ1) is 6.24. The molecule has 1 aromatic heterocycles. The van der Waals surface area contributed by atoms with E-state index >= 15 is 0 Å². The number of carbonyl (C=O) groups excluding carboxylic acids is 1. The van der Waals surface area contributed by atoms with E-state index in [1.807, 2.05) is 6.92 Å². The number of aromatic nitrogens is 2. The highest BCUT2D eigenvalue weighted by Gasteiger charge is 2.09. The number of rotatable bonds is 3. The largest absolute Gasteiger partial charge is 0.274 e. The third kappa shape index (κ3) is 1.59. The molecule has 0 aliphatic heterocycles. The van der Waals surface area contributed by atoms with E-state index in [1.165, 1.54) is 10.9 Å². The Morgan fingerprint density at radius 1 is 1.62 bits per heavy atom. The van der Waals surface area contributed by atoms with Gasteiger partial charge in [-0.15, -0.1) is 0 Å². The topological polar surface area (TPSA) is 34.9 Å². The lowest BCUT2D eigenvalue weighted by Crippen LogP contribution is -2.09. The van der Waals surface area contributed by atoms with Gasteiger partial charge in [-0.25, -0.2) is 4.98 Å². The molecule has 0 saturated heterocycles. The zero-order valence-corrected chi connectivity index (χ0v) is 7.66. The lowest BCUT2D eigenvalue weighted by atomic mass is 10.3. The standard InChI is InChI=1S/C10H12N2O/c1-4-8-9(5-2)12(7-11-8)10(13)6-3/h4-5,7H,1-2,6H2,3H3. The predicted octanol–water partition coefficient (Wildman–Crippen LogP) is 2.22. The van der Waals surface area contributed by atoms with Crippen LogP contribution in [0.2, 0.25) is 0 Å². The number of hydrogen-bond donors (Lipinski definition) is 0. The van der Waals surface area contributed by atoms with Crippen molar-refractivity contribution in [1.82, 2.24) is 9.55 Å². The minimum atomic E-state index is 0.00972. The van der Waals surface area contributed by atoms with Gasteiger partial charge >= 0.3 is 0 Å². The van der Waals surface area contributed by atoms with Crippen molar-refractivity contribution in [2.75, 3.05) is 0 Å². The fourth-order valence-electron chi connectivity index (χ4n) is 1.10. The molecule has 0 saturated carbocycles. The molecule has 1 rings (SSSR count). The molecular weight excluding hydrogens is 164 g/mol. The van der Waals surface area contributed by atoms with Crippen molar-refractivity contribution < 1.29 is 4.79 Å². The van der Waals surface area contributed by atoms with Crippen molar-refractivity contribution in [3.05, 3.63) is 30.9 Å². The van der Waals surface area contributed by atoms with E-state index in [9.17, 15) is 4.79 Å². The Morgan fingerprint density at radius 3 is 2.77 bits per heavy atom. The Morgan fingerprint density at radius 2 is 2.31 bits per heavy atom. The molecular formula is C10H12N2O. The van der Waals surface area contributed by atoms with Crippen LogP contribution in [0.3, 0.4) is 0 Å². The van der Waals surface area contributed by atoms with Gasteiger partial charge in [-0.3, -0.25) is 9.36 Å². The molecule has 0 fully saturated rings. The maximum absolute atomic E-state index is 11.4. The van der Waals surface area contributed by atoms with Gasteiger partial charge in [0.2, 0.25) is 5.91 Å². The van der Waals surface area contributed by atoms with Crippen LogP contribution in [0.15, 0.2) is 19.5 Å². The molecule has 3 heteroatoms. The van der Waals surface area contributed by atoms with Gasteiger partial charge in [-0.05, 0) is 12.2 Å². The second kappa shape index (κ2) is 3.85. The van der Waals surface area contributed by atoms with E-state index < -0.39 is 0 Å². The van der Waals surface area contributed by atoms with Gasteiger partial charge in [0.1, 0.15) is 6.33 Å². The number of imidazole rings is 1. The molecule has 0 aliphatic rings. The maximum atomic E-state index is 11.4. The van der Waals surface area contributed by atoms with Gasteiger partial charge in [0.15, 0.2) is 0 Å². The average molecular weight is 176 g/mol. The quantitative estimate of drug-likeness (QED) is 0.707. The second-order valence-corrected chi connectivity index (χ2v) is 2.54. The van der Waals surface area contributed by atoms with Crippen LogP contribution in [0.5, 0.6) is 0 Å². The molecule has 0 bridgehead atoms. The van der Waals surface area contributed by atoms with Crippen LogP contribution in [0.1, 0.15) is 29.5 Å². The summed E-state index contributed by atoms with van der Waals surface area (Å²) in [5.41, 5.74) is 1.40. The molecule has 3 nitrogen and oxygen atoms in total. The predicted molar refractivity (Wildman–Crippen MR) is 53.3 cm³/mol. The van der Waals surface area contributed by atoms with E-state index in [0.29, 0.717) is 17.8 Å². The van der Waals surface area contributed by atoms with Crippen LogP contribution in [0.4, 0.5) is 0 Å². The highest BCUT2D eigenvalue weighted by molar-refractivity contribution is 5.82. The van der Waals surface area contributed by atoms with Crippen molar-refractivity contribution >= 4 is 18.1 Å². The molecule has 13 heavy (non-hydrogen) atoms. The van der Waals surface area contributed by atoms with Crippen molar-refractivity contribution in [2.24, 2.45) is 0 Å². The molecule has 0 aromatic carbocycles. The molecule has 0 amide bonds. The summed E-state index contributed by atoms with van der Waals surface area (Å²) >= 11 is 0. The zero-order chi connectivity index (χ0) is 9.84. The third-order valence-corrected chi connectivity index (χ3v) is 1.79. The SMILES string of the molecule is C=Cc1ncn(C(=O)CC)c1C=C. The summed E-state index contributed by atoms with van der Waals surface area (Å²) in [4.78, 5) is 15.4. The van der Waals surface area contributed by atoms with E-state index in [1.54, 1.807) is 12.2 Å². The Kier molecular flexibility index (Phi) is 2.80. The summed E-state index contributed by atoms with van der Waals surface area (Å²) in [6.07, 6.45) is 5.17. The molecule has 0 spiro atoms. The Bertz CT molecular complexity index is 350. The van der Waals surface area contributed by atoms with E-state index in [4.69, 9.17) is 0 Å². The molecule has 0 unspecified atom stereocenters. The highest BCUT2D eigenvalue weighted by Crippen LogP contribution is 2.10. The van der Waals surface area contributed by atoms with Crippen LogP contribution in [-0.4, -0.2) is 15.5 Å². The molecule has 0 atom stereocenters. The fraction of sp³-hybridized carbons (Fsp3) is 0.200. The molecule has 0 N–H and O–H groups in total. The zero-order valence-electron chi connectivity index (χ0n) is 7.66. The van der Waals surface area contributed by atoms with Crippen molar-refractivity contribution in [2.45, 2.75) is 13.3 Å². The van der Waals surface area contributed by atoms with E-state index in [0.717, 1.165) is 0 Å². The minimum Gasteiger partial charge on any atom is -0.274 e. The first-order valence-electron chi connectivity index (χ1n) is 4.10. The normalized spacial score (nSPS) is 9.62. The van der Waals surface area contributed by atoms with Gasteiger partial charge < -0.3 is 0 Å². The second-order valence-electron chi connectivity index (χ2n) is 2.54. The molecule has 1 aromatic rings. The number of hydrogen-bond acceptors (Lipinski definition) is 2. The molecule has 1 heterocycles. The van der Waals surface area contributed by atoms with Crippen LogP contribution in [0, 0.1) is 0 Å². The first-order valence-corrected chi connectivity index (χ1v) is 4.10. The van der Waals surface area contributed by atoms with Gasteiger partial charge in [0, 0.05) is 6.42 Å². The average Bonchev–Trinajstić information content (AvgIpc) is 2.58. The minimum absolute atomic E-state index is 0.00972. The number of nitrogens with zero attached hydrogens (tertiary/aromatic N) is 2.